The second-order valence-corrected chi connectivity index (χ2v) is 5.54. The van der Waals surface area contributed by atoms with Crippen LogP contribution in [0.4, 0.5) is 0 Å². The van der Waals surface area contributed by atoms with Crippen LogP contribution in [0.3, 0.4) is 0 Å². The van der Waals surface area contributed by atoms with Gasteiger partial charge in [0.25, 0.3) is 0 Å². The highest BCUT2D eigenvalue weighted by Gasteiger charge is 2.25. The molecule has 1 aromatic heterocycles. The first-order chi connectivity index (χ1) is 10.4. The molecule has 0 spiro atoms. The average Bonchev–Trinajstić information content (AvgIpc) is 3.04. The van der Waals surface area contributed by atoms with Crippen LogP contribution in [0.1, 0.15) is 37.5 Å². The number of H-pyrrole nitrogens is 1. The maximum Gasteiger partial charge on any atom is 0.124 e. The van der Waals surface area contributed by atoms with Crippen molar-refractivity contribution in [1.82, 2.24) is 14.9 Å². The van der Waals surface area contributed by atoms with Gasteiger partial charge in [-0.05, 0) is 19.4 Å². The van der Waals surface area contributed by atoms with Crippen molar-refractivity contribution in [3.63, 3.8) is 0 Å². The van der Waals surface area contributed by atoms with Crippen molar-refractivity contribution >= 4 is 6.29 Å². The molecule has 1 atom stereocenters. The van der Waals surface area contributed by atoms with Gasteiger partial charge in [-0.15, -0.1) is 0 Å². The molecule has 2 aromatic rings. The van der Waals surface area contributed by atoms with Crippen LogP contribution in [-0.2, 0) is 4.79 Å². The van der Waals surface area contributed by atoms with E-state index in [1.165, 1.54) is 12.8 Å². The normalized spacial score (nSPS) is 19.5. The third-order valence-electron chi connectivity index (χ3n) is 4.13. The van der Waals surface area contributed by atoms with E-state index < -0.39 is 0 Å². The zero-order valence-corrected chi connectivity index (χ0v) is 12.2. The number of carbonyl (C=O) groups is 1. The molecule has 1 aliphatic heterocycles. The molecule has 1 N–H and O–H groups in total. The van der Waals surface area contributed by atoms with Crippen molar-refractivity contribution in [1.29, 1.82) is 0 Å². The van der Waals surface area contributed by atoms with E-state index in [1.807, 2.05) is 24.4 Å². The van der Waals surface area contributed by atoms with E-state index in [0.717, 1.165) is 42.9 Å². The summed E-state index contributed by atoms with van der Waals surface area (Å²) in [6.45, 7) is 1.88. The molecule has 0 bridgehead atoms. The zero-order chi connectivity index (χ0) is 14.5. The van der Waals surface area contributed by atoms with Crippen LogP contribution in [0.25, 0.3) is 11.3 Å². The number of aromatic amines is 1. The average molecular weight is 283 g/mol. The van der Waals surface area contributed by atoms with Crippen LogP contribution in [0.2, 0.25) is 0 Å². The summed E-state index contributed by atoms with van der Waals surface area (Å²) in [5.74, 6) is 1.03. The van der Waals surface area contributed by atoms with Gasteiger partial charge in [-0.2, -0.15) is 0 Å². The molecule has 4 nitrogen and oxygen atoms in total. The highest BCUT2D eigenvalue weighted by atomic mass is 16.1. The second kappa shape index (κ2) is 6.68. The van der Waals surface area contributed by atoms with Gasteiger partial charge in [-0.25, -0.2) is 4.98 Å². The SMILES string of the molecule is O=CCCN1CCCC[C@H]1c1nc(-c2ccccc2)c[nH]1. The van der Waals surface area contributed by atoms with Crippen molar-refractivity contribution in [2.45, 2.75) is 31.7 Å². The molecule has 3 rings (SSSR count). The number of carbonyl (C=O) groups excluding carboxylic acids is 1. The van der Waals surface area contributed by atoms with E-state index in [2.05, 4.69) is 22.0 Å². The van der Waals surface area contributed by atoms with Gasteiger partial charge in [0.1, 0.15) is 12.1 Å². The number of aromatic nitrogens is 2. The zero-order valence-electron chi connectivity index (χ0n) is 12.2. The highest BCUT2D eigenvalue weighted by molar-refractivity contribution is 5.58. The Morgan fingerprint density at radius 2 is 2.14 bits per heavy atom. The second-order valence-electron chi connectivity index (χ2n) is 5.54. The lowest BCUT2D eigenvalue weighted by atomic mass is 10.0. The van der Waals surface area contributed by atoms with Crippen molar-refractivity contribution in [3.8, 4) is 11.3 Å². The Balaban J connectivity index is 1.79. The number of likely N-dealkylation sites (tertiary alicyclic amines) is 1. The summed E-state index contributed by atoms with van der Waals surface area (Å²) in [7, 11) is 0. The van der Waals surface area contributed by atoms with Crippen LogP contribution in [-0.4, -0.2) is 34.2 Å². The van der Waals surface area contributed by atoms with Crippen LogP contribution in [0.5, 0.6) is 0 Å². The molecule has 21 heavy (non-hydrogen) atoms. The molecule has 110 valence electrons. The van der Waals surface area contributed by atoms with E-state index >= 15 is 0 Å². The topological polar surface area (TPSA) is 49.0 Å². The maximum atomic E-state index is 10.6. The van der Waals surface area contributed by atoms with E-state index in [0.29, 0.717) is 12.5 Å². The van der Waals surface area contributed by atoms with E-state index in [4.69, 9.17) is 4.98 Å². The standard InChI is InChI=1S/C17H21N3O/c21-12-6-11-20-10-5-4-9-16(20)17-18-13-15(19-17)14-7-2-1-3-8-14/h1-3,7-8,12-13,16H,4-6,9-11H2,(H,18,19)/t16-/m0/s1. The van der Waals surface area contributed by atoms with E-state index in [1.54, 1.807) is 0 Å². The molecule has 0 radical (unpaired) electrons. The monoisotopic (exact) mass is 283 g/mol. The summed E-state index contributed by atoms with van der Waals surface area (Å²) in [5, 5.41) is 0. The summed E-state index contributed by atoms with van der Waals surface area (Å²) in [6.07, 6.45) is 7.13. The van der Waals surface area contributed by atoms with Gasteiger partial charge in [-0.3, -0.25) is 4.90 Å². The first kappa shape index (κ1) is 14.0. The number of hydrogen-bond donors (Lipinski definition) is 1. The Morgan fingerprint density at radius 1 is 1.29 bits per heavy atom. The maximum absolute atomic E-state index is 10.6. The molecule has 0 aliphatic carbocycles. The lowest BCUT2D eigenvalue weighted by molar-refractivity contribution is -0.108. The molecule has 1 aliphatic rings. The molecule has 0 unspecified atom stereocenters. The number of rotatable bonds is 5. The van der Waals surface area contributed by atoms with Crippen LogP contribution >= 0.6 is 0 Å². The highest BCUT2D eigenvalue weighted by Crippen LogP contribution is 2.30. The number of imidazole rings is 1. The Bertz CT molecular complexity index is 579. The molecule has 0 amide bonds. The first-order valence-corrected chi connectivity index (χ1v) is 7.67. The third-order valence-corrected chi connectivity index (χ3v) is 4.13. The molecular weight excluding hydrogens is 262 g/mol. The van der Waals surface area contributed by atoms with Crippen LogP contribution in [0, 0.1) is 0 Å². The fourth-order valence-corrected chi connectivity index (χ4v) is 3.05. The molecule has 1 saturated heterocycles. The van der Waals surface area contributed by atoms with Gasteiger partial charge in [-0.1, -0.05) is 36.8 Å². The van der Waals surface area contributed by atoms with E-state index in [-0.39, 0.29) is 0 Å². The number of piperidine rings is 1. The number of hydrogen-bond acceptors (Lipinski definition) is 3. The van der Waals surface area contributed by atoms with Gasteiger partial charge >= 0.3 is 0 Å². The van der Waals surface area contributed by atoms with Crippen molar-refractivity contribution in [2.75, 3.05) is 13.1 Å². The molecule has 1 aromatic carbocycles. The minimum Gasteiger partial charge on any atom is -0.347 e. The number of aldehydes is 1. The number of nitrogens with one attached hydrogen (secondary N) is 1. The van der Waals surface area contributed by atoms with Crippen molar-refractivity contribution < 1.29 is 4.79 Å². The molecule has 1 fully saturated rings. The Kier molecular flexibility index (Phi) is 4.46. The van der Waals surface area contributed by atoms with Crippen molar-refractivity contribution in [2.24, 2.45) is 0 Å². The largest absolute Gasteiger partial charge is 0.347 e. The van der Waals surface area contributed by atoms with Gasteiger partial charge in [0.05, 0.1) is 11.7 Å². The summed E-state index contributed by atoms with van der Waals surface area (Å²) in [4.78, 5) is 21.1. The minimum absolute atomic E-state index is 0.316. The predicted octanol–water partition coefficient (Wildman–Crippen LogP) is 3.19. The summed E-state index contributed by atoms with van der Waals surface area (Å²) >= 11 is 0. The van der Waals surface area contributed by atoms with Crippen molar-refractivity contribution in [3.05, 3.63) is 42.4 Å². The lowest BCUT2D eigenvalue weighted by Crippen LogP contribution is -2.34. The Hall–Kier alpha value is -1.94. The van der Waals surface area contributed by atoms with E-state index in [9.17, 15) is 4.79 Å². The summed E-state index contributed by atoms with van der Waals surface area (Å²) in [6, 6.07) is 10.5. The van der Waals surface area contributed by atoms with Crippen LogP contribution < -0.4 is 0 Å². The Labute approximate surface area is 125 Å². The Morgan fingerprint density at radius 3 is 2.95 bits per heavy atom. The molecular formula is C17H21N3O. The smallest absolute Gasteiger partial charge is 0.124 e. The summed E-state index contributed by atoms with van der Waals surface area (Å²) < 4.78 is 0. The minimum atomic E-state index is 0.316. The molecule has 4 heteroatoms. The fraction of sp³-hybridized carbons (Fsp3) is 0.412. The summed E-state index contributed by atoms with van der Waals surface area (Å²) in [5.41, 5.74) is 2.13. The van der Waals surface area contributed by atoms with Gasteiger partial charge in [0.15, 0.2) is 0 Å². The quantitative estimate of drug-likeness (QED) is 0.857. The predicted molar refractivity (Wildman–Crippen MR) is 82.9 cm³/mol. The molecule has 2 heterocycles. The fourth-order valence-electron chi connectivity index (χ4n) is 3.05. The first-order valence-electron chi connectivity index (χ1n) is 7.67. The number of nitrogens with zero attached hydrogens (tertiary/aromatic N) is 2. The van der Waals surface area contributed by atoms with Gasteiger partial charge < -0.3 is 9.78 Å². The third kappa shape index (κ3) is 3.22. The number of benzene rings is 1. The van der Waals surface area contributed by atoms with Gasteiger partial charge in [0, 0.05) is 24.7 Å². The lowest BCUT2D eigenvalue weighted by Gasteiger charge is -2.34. The van der Waals surface area contributed by atoms with Crippen LogP contribution in [0.15, 0.2) is 36.5 Å². The molecule has 0 saturated carbocycles. The van der Waals surface area contributed by atoms with Gasteiger partial charge in [0.2, 0.25) is 0 Å².